The zero-order valence-electron chi connectivity index (χ0n) is 16.6. The molecule has 4 bridgehead atoms. The molecule has 154 valence electrons. The number of hydrogen-bond donors (Lipinski definition) is 3. The second-order valence-electron chi connectivity index (χ2n) is 7.15. The van der Waals surface area contributed by atoms with Crippen LogP contribution in [0, 0.1) is 22.6 Å². The number of anilines is 1. The first-order chi connectivity index (χ1) is 14.4. The van der Waals surface area contributed by atoms with Crippen LogP contribution < -0.4 is 20.5 Å². The van der Waals surface area contributed by atoms with Gasteiger partial charge in [-0.2, -0.15) is 5.26 Å². The van der Waals surface area contributed by atoms with E-state index in [0.717, 1.165) is 0 Å². The van der Waals surface area contributed by atoms with Crippen molar-refractivity contribution >= 4 is 17.2 Å². The van der Waals surface area contributed by atoms with Crippen molar-refractivity contribution < 1.29 is 13.9 Å². The fraction of sp³-hybridized carbons (Fsp3) is 0.286. The minimum Gasteiger partial charge on any atom is -0.486 e. The molecule has 1 atom stereocenters. The summed E-state index contributed by atoms with van der Waals surface area (Å²) in [6.07, 6.45) is 0.765. The van der Waals surface area contributed by atoms with E-state index >= 15 is 0 Å². The van der Waals surface area contributed by atoms with Gasteiger partial charge in [0.1, 0.15) is 41.4 Å². The van der Waals surface area contributed by atoms with Crippen LogP contribution in [-0.2, 0) is 0 Å². The minimum absolute atomic E-state index is 0.151. The van der Waals surface area contributed by atoms with Gasteiger partial charge in [0.2, 0.25) is 0 Å². The summed E-state index contributed by atoms with van der Waals surface area (Å²) in [5.74, 6) is 0.718. The van der Waals surface area contributed by atoms with Gasteiger partial charge in [-0.3, -0.25) is 5.41 Å². The molecule has 0 aliphatic carbocycles. The molecule has 0 unspecified atom stereocenters. The van der Waals surface area contributed by atoms with E-state index in [2.05, 4.69) is 16.4 Å². The Balaban J connectivity index is 1.87. The van der Waals surface area contributed by atoms with Crippen molar-refractivity contribution in [2.24, 2.45) is 0 Å². The number of hydrogen-bond acceptors (Lipinski definition) is 7. The van der Waals surface area contributed by atoms with E-state index in [-0.39, 0.29) is 29.2 Å². The van der Waals surface area contributed by atoms with E-state index in [4.69, 9.17) is 20.6 Å². The molecule has 0 radical (unpaired) electrons. The van der Waals surface area contributed by atoms with E-state index < -0.39 is 11.9 Å². The predicted molar refractivity (Wildman–Crippen MR) is 109 cm³/mol. The van der Waals surface area contributed by atoms with Crippen molar-refractivity contribution in [3.8, 4) is 17.6 Å². The second kappa shape index (κ2) is 7.55. The number of nitrogens with zero attached hydrogens (tertiary/aromatic N) is 3. The third-order valence-electron chi connectivity index (χ3n) is 5.19. The van der Waals surface area contributed by atoms with E-state index in [1.54, 1.807) is 31.0 Å². The zero-order valence-corrected chi connectivity index (χ0v) is 16.6. The fourth-order valence-electron chi connectivity index (χ4n) is 3.55. The molecule has 1 aromatic heterocycles. The predicted octanol–water partition coefficient (Wildman–Crippen LogP) is 2.45. The molecular weight excluding hydrogens is 387 g/mol. The minimum atomic E-state index is -0.571. The lowest BCUT2D eigenvalue weighted by Crippen LogP contribution is -2.56. The van der Waals surface area contributed by atoms with Crippen LogP contribution in [0.1, 0.15) is 24.2 Å². The number of halogens is 1. The van der Waals surface area contributed by atoms with E-state index in [1.165, 1.54) is 18.3 Å². The van der Waals surface area contributed by atoms with Gasteiger partial charge in [-0.15, -0.1) is 0 Å². The van der Waals surface area contributed by atoms with Crippen LogP contribution in [0.15, 0.2) is 36.2 Å². The van der Waals surface area contributed by atoms with Crippen molar-refractivity contribution in [2.75, 3.05) is 25.9 Å². The van der Waals surface area contributed by atoms with Crippen LogP contribution in [0.5, 0.6) is 11.5 Å². The maximum absolute atomic E-state index is 13.9. The topological polar surface area (TPSA) is 120 Å². The van der Waals surface area contributed by atoms with Crippen LogP contribution in [0.25, 0.3) is 5.57 Å². The number of ether oxygens (including phenoxy) is 2. The largest absolute Gasteiger partial charge is 0.486 e. The Morgan fingerprint density at radius 3 is 2.80 bits per heavy atom. The first kappa shape index (κ1) is 19.5. The van der Waals surface area contributed by atoms with Crippen molar-refractivity contribution in [1.82, 2.24) is 15.2 Å². The fourth-order valence-corrected chi connectivity index (χ4v) is 3.55. The summed E-state index contributed by atoms with van der Waals surface area (Å²) in [5, 5.41) is 21.1. The second-order valence-corrected chi connectivity index (χ2v) is 7.15. The van der Waals surface area contributed by atoms with E-state index in [1.807, 2.05) is 0 Å². The van der Waals surface area contributed by atoms with Gasteiger partial charge in [0.15, 0.2) is 11.6 Å². The zero-order chi connectivity index (χ0) is 21.4. The Morgan fingerprint density at radius 2 is 2.10 bits per heavy atom. The van der Waals surface area contributed by atoms with Gasteiger partial charge in [-0.25, -0.2) is 9.37 Å². The molecule has 30 heavy (non-hydrogen) atoms. The third-order valence-corrected chi connectivity index (χ3v) is 5.19. The smallest absolute Gasteiger partial charge is 0.166 e. The molecule has 3 aliphatic heterocycles. The number of nitrogens with two attached hydrogens (primary N) is 1. The highest BCUT2D eigenvalue weighted by Gasteiger charge is 2.34. The lowest BCUT2D eigenvalue weighted by molar-refractivity contribution is 0.0652. The summed E-state index contributed by atoms with van der Waals surface area (Å²) in [7, 11) is 1.62. The summed E-state index contributed by atoms with van der Waals surface area (Å²) >= 11 is 0. The highest BCUT2D eigenvalue weighted by molar-refractivity contribution is 6.22. The van der Waals surface area contributed by atoms with Gasteiger partial charge >= 0.3 is 0 Å². The van der Waals surface area contributed by atoms with Crippen molar-refractivity contribution in [3.05, 3.63) is 53.1 Å². The molecule has 9 heteroatoms. The number of amidine groups is 1. The number of fused-ring (bicyclic) bond motifs is 2. The Labute approximate surface area is 173 Å². The molecule has 1 saturated heterocycles. The lowest BCUT2D eigenvalue weighted by atomic mass is 10.0. The number of pyridine rings is 1. The first-order valence-electron chi connectivity index (χ1n) is 9.46. The molecule has 1 fully saturated rings. The van der Waals surface area contributed by atoms with E-state index in [0.29, 0.717) is 35.5 Å². The summed E-state index contributed by atoms with van der Waals surface area (Å²) in [6.45, 7) is 2.70. The van der Waals surface area contributed by atoms with Gasteiger partial charge in [0.25, 0.3) is 0 Å². The van der Waals surface area contributed by atoms with Crippen LogP contribution in [-0.4, -0.2) is 42.0 Å². The van der Waals surface area contributed by atoms with Gasteiger partial charge in [0, 0.05) is 24.4 Å². The van der Waals surface area contributed by atoms with Crippen LogP contribution >= 0.6 is 0 Å². The molecule has 4 heterocycles. The quantitative estimate of drug-likeness (QED) is 0.620. The van der Waals surface area contributed by atoms with Crippen LogP contribution in [0.4, 0.5) is 10.2 Å². The van der Waals surface area contributed by atoms with E-state index in [9.17, 15) is 9.65 Å². The Morgan fingerprint density at radius 1 is 1.33 bits per heavy atom. The molecule has 2 aromatic rings. The number of benzene rings is 1. The average Bonchev–Trinajstić information content (AvgIpc) is 2.70. The molecule has 1 aromatic carbocycles. The molecule has 3 aliphatic rings. The maximum atomic E-state index is 13.9. The number of nitrogens with one attached hydrogen (secondary N) is 2. The Bertz CT molecular complexity index is 1090. The Kier molecular flexibility index (Phi) is 4.91. The molecule has 0 spiro atoms. The first-order valence-corrected chi connectivity index (χ1v) is 9.46. The average molecular weight is 408 g/mol. The molecule has 4 N–H and O–H groups in total. The number of rotatable bonds is 1. The van der Waals surface area contributed by atoms with Crippen molar-refractivity contribution in [1.29, 1.82) is 10.7 Å². The maximum Gasteiger partial charge on any atom is 0.166 e. The number of nitrogen functional groups attached to an aromatic ring is 1. The summed E-state index contributed by atoms with van der Waals surface area (Å²) in [6, 6.07) is 8.04. The highest BCUT2D eigenvalue weighted by atomic mass is 19.1. The van der Waals surface area contributed by atoms with Crippen molar-refractivity contribution in [3.63, 3.8) is 0 Å². The van der Waals surface area contributed by atoms with Gasteiger partial charge in [-0.05, 0) is 31.2 Å². The van der Waals surface area contributed by atoms with Gasteiger partial charge < -0.3 is 25.4 Å². The normalized spacial score (nSPS) is 21.9. The molecule has 0 amide bonds. The molecule has 5 rings (SSSR count). The van der Waals surface area contributed by atoms with Crippen LogP contribution in [0.3, 0.4) is 0 Å². The standard InChI is InChI=1S/C21H21FN6O2/c1-11-15-6-13(22)3-4-17(15)30-14-9-28(10-14)21(25)19(16(7-23)26-2)12-5-18(29-11)20(24)27-8-12/h3-6,8,11,14,25-26H,9-10H2,1-2H3,(H2,24,27)/b19-16-,25-21?/t11-/m1/s1. The number of nitriles is 1. The molecule has 0 saturated carbocycles. The van der Waals surface area contributed by atoms with Gasteiger partial charge in [0.05, 0.1) is 18.7 Å². The monoisotopic (exact) mass is 408 g/mol. The summed E-state index contributed by atoms with van der Waals surface area (Å²) < 4.78 is 26.0. The van der Waals surface area contributed by atoms with Gasteiger partial charge in [-0.1, -0.05) is 0 Å². The molecule has 8 nitrogen and oxygen atoms in total. The lowest BCUT2D eigenvalue weighted by Gasteiger charge is -2.41. The third kappa shape index (κ3) is 3.37. The summed E-state index contributed by atoms with van der Waals surface area (Å²) in [4.78, 5) is 6.00. The Hall–Kier alpha value is -3.80. The number of aromatic nitrogens is 1. The van der Waals surface area contributed by atoms with Crippen LogP contribution in [0.2, 0.25) is 0 Å². The number of allylic oxidation sites excluding steroid dienone is 1. The summed E-state index contributed by atoms with van der Waals surface area (Å²) in [5.41, 5.74) is 7.71. The molecular formula is C21H21FN6O2. The highest BCUT2D eigenvalue weighted by Crippen LogP contribution is 2.36. The van der Waals surface area contributed by atoms with Crippen molar-refractivity contribution in [2.45, 2.75) is 19.1 Å². The SMILES string of the molecule is CN/C(C#N)=C1\C(=N)N2CC(C2)Oc2ccc(F)cc2[C@@H](C)Oc2cc1cnc2N.